The number of halogens is 2. The molecule has 0 aromatic heterocycles. The molecule has 1 N–H and O–H groups in total. The average molecular weight is 316 g/mol. The maximum atomic E-state index is 13.1. The van der Waals surface area contributed by atoms with Crippen molar-refractivity contribution in [1.29, 1.82) is 0 Å². The summed E-state index contributed by atoms with van der Waals surface area (Å²) in [6, 6.07) is 4.36. The minimum absolute atomic E-state index is 0.159. The van der Waals surface area contributed by atoms with Gasteiger partial charge in [-0.15, -0.1) is 0 Å². The number of benzene rings is 1. The Kier molecular flexibility index (Phi) is 4.02. The smallest absolute Gasteiger partial charge is 0.321 e. The highest BCUT2D eigenvalue weighted by molar-refractivity contribution is 9.10. The fraction of sp³-hybridized carbons (Fsp3) is 0.462. The van der Waals surface area contributed by atoms with E-state index in [2.05, 4.69) is 15.9 Å². The van der Waals surface area contributed by atoms with Crippen LogP contribution in [0.1, 0.15) is 18.9 Å². The molecule has 0 aliphatic carbocycles. The summed E-state index contributed by atoms with van der Waals surface area (Å²) < 4.78 is 13.5. The standard InChI is InChI=1S/C13H15BrFNO2/c1-8-4-5-16(12(8)13(17)18)7-9-2-3-11(15)10(14)6-9/h2-3,6,8,12H,4-5,7H2,1H3,(H,17,18). The molecule has 3 nitrogen and oxygen atoms in total. The summed E-state index contributed by atoms with van der Waals surface area (Å²) >= 11 is 3.14. The van der Waals surface area contributed by atoms with Crippen LogP contribution in [0.3, 0.4) is 0 Å². The molecule has 1 heterocycles. The molecular formula is C13H15BrFNO2. The lowest BCUT2D eigenvalue weighted by Crippen LogP contribution is -2.38. The summed E-state index contributed by atoms with van der Waals surface area (Å²) in [6.07, 6.45) is 0.888. The third-order valence-electron chi connectivity index (χ3n) is 3.43. The molecule has 1 aromatic rings. The Labute approximate surface area is 114 Å². The van der Waals surface area contributed by atoms with Crippen LogP contribution in [0.4, 0.5) is 4.39 Å². The first-order valence-corrected chi connectivity index (χ1v) is 6.69. The summed E-state index contributed by atoms with van der Waals surface area (Å²) in [5, 5.41) is 9.22. The van der Waals surface area contributed by atoms with Gasteiger partial charge < -0.3 is 5.11 Å². The number of nitrogens with zero attached hydrogens (tertiary/aromatic N) is 1. The van der Waals surface area contributed by atoms with Crippen LogP contribution in [0.5, 0.6) is 0 Å². The Morgan fingerprint density at radius 1 is 1.61 bits per heavy atom. The average Bonchev–Trinajstić information content (AvgIpc) is 2.65. The van der Waals surface area contributed by atoms with Crippen LogP contribution in [0, 0.1) is 11.7 Å². The summed E-state index contributed by atoms with van der Waals surface area (Å²) in [5.41, 5.74) is 0.920. The molecule has 2 rings (SSSR count). The van der Waals surface area contributed by atoms with E-state index in [1.807, 2.05) is 11.8 Å². The van der Waals surface area contributed by atoms with Gasteiger partial charge in [-0.3, -0.25) is 9.69 Å². The predicted octanol–water partition coefficient (Wildman–Crippen LogP) is 2.88. The van der Waals surface area contributed by atoms with Crippen molar-refractivity contribution in [2.45, 2.75) is 25.9 Å². The Morgan fingerprint density at radius 2 is 2.33 bits per heavy atom. The van der Waals surface area contributed by atoms with Crippen LogP contribution in [-0.2, 0) is 11.3 Å². The van der Waals surface area contributed by atoms with Crippen LogP contribution in [-0.4, -0.2) is 28.6 Å². The minimum atomic E-state index is -0.777. The Hall–Kier alpha value is -0.940. The first-order valence-electron chi connectivity index (χ1n) is 5.90. The van der Waals surface area contributed by atoms with Gasteiger partial charge in [0, 0.05) is 6.54 Å². The summed E-state index contributed by atoms with van der Waals surface area (Å²) in [6.45, 7) is 3.27. The number of carboxylic acid groups (broad SMARTS) is 1. The van der Waals surface area contributed by atoms with E-state index < -0.39 is 12.0 Å². The van der Waals surface area contributed by atoms with Crippen molar-refractivity contribution < 1.29 is 14.3 Å². The van der Waals surface area contributed by atoms with E-state index in [9.17, 15) is 14.3 Å². The van der Waals surface area contributed by atoms with Crippen LogP contribution in [0.25, 0.3) is 0 Å². The minimum Gasteiger partial charge on any atom is -0.480 e. The molecule has 18 heavy (non-hydrogen) atoms. The maximum absolute atomic E-state index is 13.1. The number of hydrogen-bond acceptors (Lipinski definition) is 2. The number of aliphatic carboxylic acids is 1. The molecule has 1 aliphatic heterocycles. The summed E-state index contributed by atoms with van der Waals surface area (Å²) in [5.74, 6) is -0.920. The molecule has 0 spiro atoms. The van der Waals surface area contributed by atoms with Crippen molar-refractivity contribution >= 4 is 21.9 Å². The van der Waals surface area contributed by atoms with Crippen LogP contribution in [0.15, 0.2) is 22.7 Å². The second-order valence-corrected chi connectivity index (χ2v) is 5.62. The van der Waals surface area contributed by atoms with Gasteiger partial charge in [0.15, 0.2) is 0 Å². The zero-order valence-electron chi connectivity index (χ0n) is 10.1. The number of rotatable bonds is 3. The van der Waals surface area contributed by atoms with Crippen molar-refractivity contribution in [3.8, 4) is 0 Å². The van der Waals surface area contributed by atoms with E-state index in [0.717, 1.165) is 18.5 Å². The quantitative estimate of drug-likeness (QED) is 0.932. The van der Waals surface area contributed by atoms with Gasteiger partial charge in [-0.2, -0.15) is 0 Å². The van der Waals surface area contributed by atoms with Gasteiger partial charge in [0.1, 0.15) is 11.9 Å². The zero-order chi connectivity index (χ0) is 13.3. The highest BCUT2D eigenvalue weighted by Crippen LogP contribution is 2.27. The number of likely N-dealkylation sites (tertiary alicyclic amines) is 1. The zero-order valence-corrected chi connectivity index (χ0v) is 11.7. The van der Waals surface area contributed by atoms with Crippen LogP contribution in [0.2, 0.25) is 0 Å². The van der Waals surface area contributed by atoms with Gasteiger partial charge in [0.25, 0.3) is 0 Å². The first kappa shape index (κ1) is 13.5. The number of carbonyl (C=O) groups is 1. The van der Waals surface area contributed by atoms with Crippen molar-refractivity contribution in [2.75, 3.05) is 6.54 Å². The molecule has 2 atom stereocenters. The van der Waals surface area contributed by atoms with E-state index in [-0.39, 0.29) is 11.7 Å². The molecular weight excluding hydrogens is 301 g/mol. The second-order valence-electron chi connectivity index (χ2n) is 4.77. The van der Waals surface area contributed by atoms with Gasteiger partial charge in [0.05, 0.1) is 4.47 Å². The third kappa shape index (κ3) is 2.72. The SMILES string of the molecule is CC1CCN(Cc2ccc(F)c(Br)c2)C1C(=O)O. The van der Waals surface area contributed by atoms with Crippen molar-refractivity contribution in [3.05, 3.63) is 34.1 Å². The predicted molar refractivity (Wildman–Crippen MR) is 69.7 cm³/mol. The molecule has 98 valence electrons. The fourth-order valence-electron chi connectivity index (χ4n) is 2.48. The van der Waals surface area contributed by atoms with E-state index in [0.29, 0.717) is 11.0 Å². The Bertz CT molecular complexity index is 466. The molecule has 0 amide bonds. The van der Waals surface area contributed by atoms with Crippen molar-refractivity contribution in [3.63, 3.8) is 0 Å². The molecule has 1 aliphatic rings. The molecule has 1 saturated heterocycles. The number of hydrogen-bond donors (Lipinski definition) is 1. The maximum Gasteiger partial charge on any atom is 0.321 e. The lowest BCUT2D eigenvalue weighted by atomic mass is 10.0. The van der Waals surface area contributed by atoms with Gasteiger partial charge in [-0.05, 0) is 52.5 Å². The Morgan fingerprint density at radius 3 is 2.94 bits per heavy atom. The topological polar surface area (TPSA) is 40.5 Å². The summed E-state index contributed by atoms with van der Waals surface area (Å²) in [4.78, 5) is 13.2. The van der Waals surface area contributed by atoms with Crippen LogP contribution >= 0.6 is 15.9 Å². The van der Waals surface area contributed by atoms with Crippen molar-refractivity contribution in [2.24, 2.45) is 5.92 Å². The monoisotopic (exact) mass is 315 g/mol. The third-order valence-corrected chi connectivity index (χ3v) is 4.03. The second kappa shape index (κ2) is 5.36. The van der Waals surface area contributed by atoms with Crippen LogP contribution < -0.4 is 0 Å². The molecule has 0 radical (unpaired) electrons. The molecule has 5 heteroatoms. The normalized spacial score (nSPS) is 24.4. The largest absolute Gasteiger partial charge is 0.480 e. The highest BCUT2D eigenvalue weighted by atomic mass is 79.9. The fourth-order valence-corrected chi connectivity index (χ4v) is 2.90. The van der Waals surface area contributed by atoms with Crippen molar-refractivity contribution in [1.82, 2.24) is 4.90 Å². The molecule has 0 bridgehead atoms. The summed E-state index contributed by atoms with van der Waals surface area (Å²) in [7, 11) is 0. The van der Waals surface area contributed by atoms with E-state index in [1.54, 1.807) is 12.1 Å². The van der Waals surface area contributed by atoms with Gasteiger partial charge in [-0.25, -0.2) is 4.39 Å². The van der Waals surface area contributed by atoms with Gasteiger partial charge in [-0.1, -0.05) is 13.0 Å². The molecule has 1 aromatic carbocycles. The van der Waals surface area contributed by atoms with Gasteiger partial charge >= 0.3 is 5.97 Å². The molecule has 1 fully saturated rings. The highest BCUT2D eigenvalue weighted by Gasteiger charge is 2.36. The van der Waals surface area contributed by atoms with E-state index in [1.165, 1.54) is 6.07 Å². The van der Waals surface area contributed by atoms with E-state index in [4.69, 9.17) is 0 Å². The number of carboxylic acids is 1. The molecule has 2 unspecified atom stereocenters. The Balaban J connectivity index is 2.13. The lowest BCUT2D eigenvalue weighted by Gasteiger charge is -2.23. The first-order chi connectivity index (χ1) is 8.49. The van der Waals surface area contributed by atoms with Gasteiger partial charge in [0.2, 0.25) is 0 Å². The molecule has 0 saturated carbocycles. The van der Waals surface area contributed by atoms with E-state index >= 15 is 0 Å². The lowest BCUT2D eigenvalue weighted by molar-refractivity contribution is -0.143.